The number of para-hydroxylation sites is 1. The second-order valence-electron chi connectivity index (χ2n) is 3.51. The van der Waals surface area contributed by atoms with Gasteiger partial charge in [0.05, 0.1) is 0 Å². The molecular weight excluding hydrogens is 209 g/mol. The Morgan fingerprint density at radius 1 is 1.44 bits per heavy atom. The summed E-state index contributed by atoms with van der Waals surface area (Å²) in [5.41, 5.74) is 1.50. The second-order valence-corrected chi connectivity index (χ2v) is 3.51. The van der Waals surface area contributed by atoms with Crippen LogP contribution in [0.3, 0.4) is 0 Å². The van der Waals surface area contributed by atoms with Crippen molar-refractivity contribution in [1.82, 2.24) is 4.57 Å². The highest BCUT2D eigenvalue weighted by Gasteiger charge is 2.09. The SMILES string of the molecule is Cn1cc(/C=C(/F)C(=O)O)c2ccccc21. The lowest BCUT2D eigenvalue weighted by molar-refractivity contribution is -0.134. The van der Waals surface area contributed by atoms with E-state index in [2.05, 4.69) is 0 Å². The molecule has 1 heterocycles. The van der Waals surface area contributed by atoms with Crippen LogP contribution in [0.2, 0.25) is 0 Å². The molecule has 4 heteroatoms. The van der Waals surface area contributed by atoms with Crippen molar-refractivity contribution in [2.45, 2.75) is 0 Å². The van der Waals surface area contributed by atoms with Crippen molar-refractivity contribution in [2.75, 3.05) is 0 Å². The molecule has 1 aromatic carbocycles. The maximum atomic E-state index is 13.0. The van der Waals surface area contributed by atoms with Gasteiger partial charge in [0.15, 0.2) is 0 Å². The predicted molar refractivity (Wildman–Crippen MR) is 59.6 cm³/mol. The van der Waals surface area contributed by atoms with Gasteiger partial charge in [-0.2, -0.15) is 4.39 Å². The first-order valence-electron chi connectivity index (χ1n) is 4.74. The molecule has 0 bridgehead atoms. The monoisotopic (exact) mass is 219 g/mol. The van der Waals surface area contributed by atoms with Crippen LogP contribution in [-0.2, 0) is 11.8 Å². The van der Waals surface area contributed by atoms with Gasteiger partial charge >= 0.3 is 5.97 Å². The van der Waals surface area contributed by atoms with E-state index < -0.39 is 11.8 Å². The molecule has 0 unspecified atom stereocenters. The molecule has 0 aliphatic rings. The number of carbonyl (C=O) groups is 1. The normalized spacial score (nSPS) is 12.0. The Hall–Kier alpha value is -2.10. The summed E-state index contributed by atoms with van der Waals surface area (Å²) in [6.07, 6.45) is 2.73. The number of carboxylic acids is 1. The van der Waals surface area contributed by atoms with Gasteiger partial charge in [0.1, 0.15) is 0 Å². The average Bonchev–Trinajstić information content (AvgIpc) is 2.57. The van der Waals surface area contributed by atoms with Crippen LogP contribution in [0.1, 0.15) is 5.56 Å². The van der Waals surface area contributed by atoms with Gasteiger partial charge in [0, 0.05) is 29.7 Å². The van der Waals surface area contributed by atoms with Gasteiger partial charge in [0.2, 0.25) is 5.83 Å². The third-order valence-electron chi connectivity index (χ3n) is 2.41. The van der Waals surface area contributed by atoms with Crippen molar-refractivity contribution in [3.05, 3.63) is 41.9 Å². The zero-order valence-corrected chi connectivity index (χ0v) is 8.64. The average molecular weight is 219 g/mol. The standard InChI is InChI=1S/C12H10FNO2/c1-14-7-8(6-10(13)12(15)16)9-4-2-3-5-11(9)14/h2-7H,1H3,(H,15,16)/b10-6+. The highest BCUT2D eigenvalue weighted by molar-refractivity contribution is 5.95. The lowest BCUT2D eigenvalue weighted by atomic mass is 10.1. The van der Waals surface area contributed by atoms with Crippen LogP contribution in [0.4, 0.5) is 4.39 Å². The Kier molecular flexibility index (Phi) is 2.48. The van der Waals surface area contributed by atoms with E-state index in [4.69, 9.17) is 5.11 Å². The van der Waals surface area contributed by atoms with Gasteiger partial charge in [-0.1, -0.05) is 18.2 Å². The number of aromatic nitrogens is 1. The van der Waals surface area contributed by atoms with Crippen molar-refractivity contribution in [1.29, 1.82) is 0 Å². The van der Waals surface area contributed by atoms with Gasteiger partial charge < -0.3 is 9.67 Å². The van der Waals surface area contributed by atoms with Crippen molar-refractivity contribution in [3.8, 4) is 0 Å². The number of hydrogen-bond acceptors (Lipinski definition) is 1. The van der Waals surface area contributed by atoms with Gasteiger partial charge in [0.25, 0.3) is 0 Å². The van der Waals surface area contributed by atoms with Gasteiger partial charge in [-0.3, -0.25) is 0 Å². The van der Waals surface area contributed by atoms with E-state index in [0.29, 0.717) is 5.56 Å². The summed E-state index contributed by atoms with van der Waals surface area (Å²) < 4.78 is 14.8. The molecule has 0 saturated heterocycles. The third kappa shape index (κ3) is 1.69. The van der Waals surface area contributed by atoms with Crippen LogP contribution < -0.4 is 0 Å². The Morgan fingerprint density at radius 2 is 2.12 bits per heavy atom. The number of aryl methyl sites for hydroxylation is 1. The first-order valence-corrected chi connectivity index (χ1v) is 4.74. The maximum absolute atomic E-state index is 13.0. The van der Waals surface area contributed by atoms with Crippen molar-refractivity contribution >= 4 is 22.9 Å². The van der Waals surface area contributed by atoms with E-state index in [1.54, 1.807) is 6.20 Å². The molecular formula is C12H10FNO2. The highest BCUT2D eigenvalue weighted by atomic mass is 19.1. The van der Waals surface area contributed by atoms with E-state index >= 15 is 0 Å². The van der Waals surface area contributed by atoms with Crippen LogP contribution in [0.15, 0.2) is 36.3 Å². The Bertz CT molecular complexity index is 584. The molecule has 3 nitrogen and oxygen atoms in total. The van der Waals surface area contributed by atoms with Crippen LogP contribution in [0.5, 0.6) is 0 Å². The molecule has 0 amide bonds. The van der Waals surface area contributed by atoms with Crippen molar-refractivity contribution in [3.63, 3.8) is 0 Å². The molecule has 0 aliphatic carbocycles. The zero-order valence-electron chi connectivity index (χ0n) is 8.64. The summed E-state index contributed by atoms with van der Waals surface area (Å²) in [4.78, 5) is 10.4. The third-order valence-corrected chi connectivity index (χ3v) is 2.41. The number of carboxylic acid groups (broad SMARTS) is 1. The first kappa shape index (κ1) is 10.4. The van der Waals surface area contributed by atoms with E-state index in [1.807, 2.05) is 35.9 Å². The number of nitrogens with zero attached hydrogens (tertiary/aromatic N) is 1. The van der Waals surface area contributed by atoms with Crippen LogP contribution in [-0.4, -0.2) is 15.6 Å². The summed E-state index contributed by atoms with van der Waals surface area (Å²) in [6, 6.07) is 7.43. The van der Waals surface area contributed by atoms with Crippen LogP contribution in [0.25, 0.3) is 17.0 Å². The van der Waals surface area contributed by atoms with E-state index in [-0.39, 0.29) is 0 Å². The van der Waals surface area contributed by atoms with Crippen LogP contribution >= 0.6 is 0 Å². The molecule has 16 heavy (non-hydrogen) atoms. The first-order chi connectivity index (χ1) is 7.59. The summed E-state index contributed by atoms with van der Waals surface area (Å²) in [5.74, 6) is -2.70. The number of halogens is 1. The predicted octanol–water partition coefficient (Wildman–Crippen LogP) is 2.57. The summed E-state index contributed by atoms with van der Waals surface area (Å²) in [7, 11) is 1.83. The minimum atomic E-state index is -1.55. The largest absolute Gasteiger partial charge is 0.476 e. The molecule has 0 radical (unpaired) electrons. The summed E-state index contributed by atoms with van der Waals surface area (Å²) in [6.45, 7) is 0. The topological polar surface area (TPSA) is 42.2 Å². The quantitative estimate of drug-likeness (QED) is 0.789. The lowest BCUT2D eigenvalue weighted by Crippen LogP contribution is -1.93. The van der Waals surface area contributed by atoms with Crippen molar-refractivity contribution in [2.24, 2.45) is 7.05 Å². The van der Waals surface area contributed by atoms with E-state index in [0.717, 1.165) is 17.0 Å². The number of benzene rings is 1. The molecule has 0 fully saturated rings. The summed E-state index contributed by atoms with van der Waals surface area (Å²) in [5, 5.41) is 9.31. The van der Waals surface area contributed by atoms with E-state index in [1.165, 1.54) is 0 Å². The molecule has 0 spiro atoms. The van der Waals surface area contributed by atoms with Gasteiger partial charge in [-0.05, 0) is 12.1 Å². The number of fused-ring (bicyclic) bond motifs is 1. The Morgan fingerprint density at radius 3 is 2.81 bits per heavy atom. The van der Waals surface area contributed by atoms with Gasteiger partial charge in [-0.15, -0.1) is 0 Å². The molecule has 0 atom stereocenters. The fourth-order valence-corrected chi connectivity index (χ4v) is 1.69. The number of aliphatic carboxylic acids is 1. The van der Waals surface area contributed by atoms with E-state index in [9.17, 15) is 9.18 Å². The molecule has 0 saturated carbocycles. The number of hydrogen-bond donors (Lipinski definition) is 1. The Labute approximate surface area is 91.4 Å². The highest BCUT2D eigenvalue weighted by Crippen LogP contribution is 2.22. The Balaban J connectivity index is 2.62. The minimum Gasteiger partial charge on any atom is -0.476 e. The molecule has 2 rings (SSSR count). The maximum Gasteiger partial charge on any atom is 0.364 e. The van der Waals surface area contributed by atoms with Crippen molar-refractivity contribution < 1.29 is 14.3 Å². The molecule has 2 aromatic rings. The molecule has 1 aromatic heterocycles. The minimum absolute atomic E-state index is 0.568. The van der Waals surface area contributed by atoms with Crippen LogP contribution in [0, 0.1) is 0 Å². The molecule has 0 aliphatic heterocycles. The zero-order chi connectivity index (χ0) is 11.7. The molecule has 82 valence electrons. The lowest BCUT2D eigenvalue weighted by Gasteiger charge is -1.93. The molecule has 1 N–H and O–H groups in total. The van der Waals surface area contributed by atoms with Gasteiger partial charge in [-0.25, -0.2) is 4.79 Å². The second kappa shape index (κ2) is 3.81. The summed E-state index contributed by atoms with van der Waals surface area (Å²) >= 11 is 0. The smallest absolute Gasteiger partial charge is 0.364 e. The number of rotatable bonds is 2. The fraction of sp³-hybridized carbons (Fsp3) is 0.0833. The fourth-order valence-electron chi connectivity index (χ4n) is 1.69.